The Morgan fingerprint density at radius 2 is 1.94 bits per heavy atom. The average Bonchev–Trinajstić information content (AvgIpc) is 3.20. The molecule has 2 aromatic rings. The molecule has 184 valence electrons. The lowest BCUT2D eigenvalue weighted by Gasteiger charge is -2.21. The normalized spacial score (nSPS) is 14.6. The number of amides is 2. The lowest BCUT2D eigenvalue weighted by atomic mass is 9.89. The molecule has 7 nitrogen and oxygen atoms in total. The number of anilines is 1. The van der Waals surface area contributed by atoms with E-state index < -0.39 is 17.6 Å². The zero-order chi connectivity index (χ0) is 24.7. The van der Waals surface area contributed by atoms with Crippen LogP contribution in [0.25, 0.3) is 0 Å². The van der Waals surface area contributed by atoms with Gasteiger partial charge in [0.25, 0.3) is 0 Å². The number of benzene rings is 1. The van der Waals surface area contributed by atoms with Crippen LogP contribution < -0.4 is 5.32 Å². The fourth-order valence-corrected chi connectivity index (χ4v) is 4.83. The molecule has 1 N–H and O–H groups in total. The van der Waals surface area contributed by atoms with Crippen molar-refractivity contribution >= 4 is 29.3 Å². The number of carbonyl (C=O) groups is 2. The molecule has 3 rings (SSSR count). The highest BCUT2D eigenvalue weighted by atomic mass is 32.2. The molecule has 0 unspecified atom stereocenters. The Hall–Kier alpha value is -2.82. The number of likely N-dealkylation sites (N-methyl/N-ethyl adjacent to an activating group) is 1. The predicted molar refractivity (Wildman–Crippen MR) is 124 cm³/mol. The molecule has 1 aliphatic carbocycles. The van der Waals surface area contributed by atoms with Crippen LogP contribution in [-0.4, -0.2) is 50.8 Å². The van der Waals surface area contributed by atoms with Gasteiger partial charge in [0.1, 0.15) is 5.82 Å². The van der Waals surface area contributed by atoms with Gasteiger partial charge in [-0.15, -0.1) is 16.8 Å². The Bertz CT molecular complexity index is 1020. The largest absolute Gasteiger partial charge is 0.418 e. The van der Waals surface area contributed by atoms with Gasteiger partial charge in [-0.1, -0.05) is 49.2 Å². The van der Waals surface area contributed by atoms with Crippen LogP contribution in [0, 0.1) is 0 Å². The van der Waals surface area contributed by atoms with Crippen LogP contribution in [-0.2, 0) is 22.3 Å². The summed E-state index contributed by atoms with van der Waals surface area (Å²) in [7, 11) is 1.43. The van der Waals surface area contributed by atoms with Crippen LogP contribution >= 0.6 is 11.8 Å². The standard InChI is InChI=1S/C23H28F3N5O2S/c1-3-13-31-21(16-9-5-4-6-10-16)28-29-22(31)34-15-20(33)30(2)14-19(32)27-18-12-8-7-11-17(18)23(24,25)26/h3,7-8,11-12,16H,1,4-6,9-10,13-15H2,2H3,(H,27,32). The minimum atomic E-state index is -4.60. The van der Waals surface area contributed by atoms with E-state index in [-0.39, 0.29) is 23.9 Å². The molecule has 1 heterocycles. The van der Waals surface area contributed by atoms with E-state index >= 15 is 0 Å². The highest BCUT2D eigenvalue weighted by molar-refractivity contribution is 7.99. The quantitative estimate of drug-likeness (QED) is 0.402. The molecule has 1 fully saturated rings. The van der Waals surface area contributed by atoms with Gasteiger partial charge in [0, 0.05) is 19.5 Å². The zero-order valence-corrected chi connectivity index (χ0v) is 19.8. The smallest absolute Gasteiger partial charge is 0.336 e. The molecule has 0 bridgehead atoms. The first-order valence-corrected chi connectivity index (χ1v) is 12.1. The minimum absolute atomic E-state index is 0.0167. The van der Waals surface area contributed by atoms with E-state index in [1.807, 2.05) is 4.57 Å². The molecular formula is C23H28F3N5O2S. The third-order valence-electron chi connectivity index (χ3n) is 5.67. The molecule has 1 aliphatic rings. The highest BCUT2D eigenvalue weighted by Crippen LogP contribution is 2.35. The van der Waals surface area contributed by atoms with Crippen LogP contribution in [0.1, 0.15) is 49.4 Å². The van der Waals surface area contributed by atoms with E-state index in [1.54, 1.807) is 6.08 Å². The Balaban J connectivity index is 1.58. The number of rotatable bonds is 9. The lowest BCUT2D eigenvalue weighted by molar-refractivity contribution is -0.137. The molecule has 1 saturated carbocycles. The van der Waals surface area contributed by atoms with Crippen LogP contribution in [0.4, 0.5) is 18.9 Å². The number of halogens is 3. The Kier molecular flexibility index (Phi) is 8.76. The third kappa shape index (κ3) is 6.62. The molecule has 1 aromatic carbocycles. The summed E-state index contributed by atoms with van der Waals surface area (Å²) < 4.78 is 41.3. The van der Waals surface area contributed by atoms with Gasteiger partial charge < -0.3 is 14.8 Å². The van der Waals surface area contributed by atoms with Crippen molar-refractivity contribution in [1.82, 2.24) is 19.7 Å². The van der Waals surface area contributed by atoms with Crippen molar-refractivity contribution in [3.63, 3.8) is 0 Å². The summed E-state index contributed by atoms with van der Waals surface area (Å²) in [4.78, 5) is 26.0. The topological polar surface area (TPSA) is 80.1 Å². The number of hydrogen-bond donors (Lipinski definition) is 1. The predicted octanol–water partition coefficient (Wildman–Crippen LogP) is 4.72. The fourth-order valence-electron chi connectivity index (χ4n) is 3.94. The molecule has 0 atom stereocenters. The molecule has 0 spiro atoms. The Labute approximate surface area is 200 Å². The number of nitrogens with zero attached hydrogens (tertiary/aromatic N) is 4. The number of alkyl halides is 3. The second-order valence-electron chi connectivity index (χ2n) is 8.20. The van der Waals surface area contributed by atoms with Crippen molar-refractivity contribution in [2.75, 3.05) is 24.7 Å². The summed E-state index contributed by atoms with van der Waals surface area (Å²) in [5.41, 5.74) is -1.29. The van der Waals surface area contributed by atoms with Crippen molar-refractivity contribution in [3.8, 4) is 0 Å². The van der Waals surface area contributed by atoms with Gasteiger partial charge in [-0.3, -0.25) is 9.59 Å². The molecule has 0 radical (unpaired) electrons. The summed E-state index contributed by atoms with van der Waals surface area (Å²) >= 11 is 1.22. The van der Waals surface area contributed by atoms with Crippen molar-refractivity contribution in [2.24, 2.45) is 0 Å². The van der Waals surface area contributed by atoms with Gasteiger partial charge in [-0.25, -0.2) is 0 Å². The summed E-state index contributed by atoms with van der Waals surface area (Å²) in [5, 5.41) is 11.5. The number of allylic oxidation sites excluding steroid dienone is 1. The maximum absolute atomic E-state index is 13.1. The van der Waals surface area contributed by atoms with Gasteiger partial charge in [-0.2, -0.15) is 13.2 Å². The molecule has 11 heteroatoms. The van der Waals surface area contributed by atoms with E-state index in [0.717, 1.165) is 37.6 Å². The Morgan fingerprint density at radius 1 is 1.24 bits per heavy atom. The van der Waals surface area contributed by atoms with Crippen LogP contribution in [0.3, 0.4) is 0 Å². The van der Waals surface area contributed by atoms with E-state index in [2.05, 4.69) is 22.1 Å². The van der Waals surface area contributed by atoms with Crippen molar-refractivity contribution < 1.29 is 22.8 Å². The number of para-hydroxylation sites is 1. The monoisotopic (exact) mass is 495 g/mol. The lowest BCUT2D eigenvalue weighted by Crippen LogP contribution is -2.36. The second-order valence-corrected chi connectivity index (χ2v) is 9.15. The minimum Gasteiger partial charge on any atom is -0.336 e. The summed E-state index contributed by atoms with van der Waals surface area (Å²) in [6, 6.07) is 4.71. The molecule has 1 aromatic heterocycles. The van der Waals surface area contributed by atoms with Crippen LogP contribution in [0.15, 0.2) is 42.1 Å². The number of thioether (sulfide) groups is 1. The number of hydrogen-bond acceptors (Lipinski definition) is 5. The molecule has 2 amide bonds. The average molecular weight is 496 g/mol. The number of aromatic nitrogens is 3. The second kappa shape index (κ2) is 11.5. The third-order valence-corrected chi connectivity index (χ3v) is 6.62. The number of nitrogens with one attached hydrogen (secondary N) is 1. The van der Waals surface area contributed by atoms with Crippen LogP contribution in [0.5, 0.6) is 0 Å². The number of carbonyl (C=O) groups excluding carboxylic acids is 2. The van der Waals surface area contributed by atoms with Gasteiger partial charge >= 0.3 is 6.18 Å². The molecular weight excluding hydrogens is 467 g/mol. The zero-order valence-electron chi connectivity index (χ0n) is 19.0. The van der Waals surface area contributed by atoms with Gasteiger partial charge in [0.05, 0.1) is 23.5 Å². The van der Waals surface area contributed by atoms with Gasteiger partial charge in [0.15, 0.2) is 5.16 Å². The Morgan fingerprint density at radius 3 is 2.62 bits per heavy atom. The van der Waals surface area contributed by atoms with Gasteiger partial charge in [-0.05, 0) is 25.0 Å². The highest BCUT2D eigenvalue weighted by Gasteiger charge is 2.33. The van der Waals surface area contributed by atoms with E-state index in [9.17, 15) is 22.8 Å². The molecule has 34 heavy (non-hydrogen) atoms. The maximum atomic E-state index is 13.1. The van der Waals surface area contributed by atoms with E-state index in [0.29, 0.717) is 17.6 Å². The summed E-state index contributed by atoms with van der Waals surface area (Å²) in [6.07, 6.45) is 2.84. The van der Waals surface area contributed by atoms with Crippen molar-refractivity contribution in [3.05, 3.63) is 48.3 Å². The van der Waals surface area contributed by atoms with Crippen molar-refractivity contribution in [1.29, 1.82) is 0 Å². The first kappa shape index (κ1) is 25.8. The maximum Gasteiger partial charge on any atom is 0.418 e. The SMILES string of the molecule is C=CCn1c(SCC(=O)N(C)CC(=O)Nc2ccccc2C(F)(F)F)nnc1C1CCCCC1. The first-order valence-electron chi connectivity index (χ1n) is 11.1. The molecule has 0 saturated heterocycles. The van der Waals surface area contributed by atoms with Crippen molar-refractivity contribution in [2.45, 2.75) is 55.9 Å². The van der Waals surface area contributed by atoms with Gasteiger partial charge in [0.2, 0.25) is 11.8 Å². The fraction of sp³-hybridized carbons (Fsp3) is 0.478. The molecule has 0 aliphatic heterocycles. The summed E-state index contributed by atoms with van der Waals surface area (Å²) in [6.45, 7) is 3.96. The van der Waals surface area contributed by atoms with E-state index in [1.165, 1.54) is 48.3 Å². The summed E-state index contributed by atoms with van der Waals surface area (Å²) in [5.74, 6) is 0.203. The van der Waals surface area contributed by atoms with E-state index in [4.69, 9.17) is 0 Å². The first-order chi connectivity index (χ1) is 16.2. The van der Waals surface area contributed by atoms with Crippen LogP contribution in [0.2, 0.25) is 0 Å².